The Morgan fingerprint density at radius 1 is 0.978 bits per heavy atom. The fourth-order valence-corrected chi connectivity index (χ4v) is 6.67. The molecule has 0 N–H and O–H groups in total. The molecular weight excluding hydrogens is 600 g/mol. The summed E-state index contributed by atoms with van der Waals surface area (Å²) in [6.07, 6.45) is -5.07. The lowest BCUT2D eigenvalue weighted by Gasteiger charge is -2.36. The molecule has 2 unspecified atom stereocenters. The van der Waals surface area contributed by atoms with Gasteiger partial charge in [0.2, 0.25) is 0 Å². The highest BCUT2D eigenvalue weighted by Gasteiger charge is 2.43. The number of rotatable bonds is 7. The van der Waals surface area contributed by atoms with Crippen molar-refractivity contribution in [3.8, 4) is 11.1 Å². The maximum Gasteiger partial charge on any atom is 0.416 e. The molecule has 7 nitrogen and oxygen atoms in total. The fraction of sp³-hybridized carbons (Fsp3) is 0.531. The summed E-state index contributed by atoms with van der Waals surface area (Å²) in [5.41, 5.74) is 0.834. The van der Waals surface area contributed by atoms with Gasteiger partial charge in [-0.25, -0.2) is 9.78 Å². The first-order chi connectivity index (χ1) is 21.1. The molecular formula is C32H37F6N5O2. The molecule has 0 radical (unpaired) electrons. The van der Waals surface area contributed by atoms with Crippen LogP contribution < -0.4 is 4.90 Å². The van der Waals surface area contributed by atoms with Crippen molar-refractivity contribution in [1.29, 1.82) is 0 Å². The highest BCUT2D eigenvalue weighted by molar-refractivity contribution is 5.73. The maximum atomic E-state index is 13.6. The first-order valence-electron chi connectivity index (χ1n) is 15.1. The van der Waals surface area contributed by atoms with Gasteiger partial charge in [-0.1, -0.05) is 19.3 Å². The summed E-state index contributed by atoms with van der Waals surface area (Å²) in [6, 6.07) is 2.64. The number of ether oxygens (including phenoxy) is 1. The van der Waals surface area contributed by atoms with Crippen LogP contribution in [0.4, 0.5) is 37.0 Å². The van der Waals surface area contributed by atoms with Crippen molar-refractivity contribution in [3.05, 3.63) is 64.1 Å². The zero-order valence-corrected chi connectivity index (χ0v) is 25.9. The average Bonchev–Trinajstić information content (AvgIpc) is 3.41. The second kappa shape index (κ2) is 12.2. The lowest BCUT2D eigenvalue weighted by molar-refractivity contribution is -0.143. The standard InChI is InChI=1S/C32H37F6N5O2/c1-6-42(26-10-8-7-9-11-26)29-23(12-22(16-39-29)27-18(2)40-41(5)19(27)3)17-43-20(4)28(45-30(43)44)21-13-24(31(33,34)35)15-25(14-21)32(36,37)38/h12-16,20,26,28H,6-11,17H2,1-5H3. The number of cyclic esters (lactones) is 1. The van der Waals surface area contributed by atoms with E-state index in [0.717, 1.165) is 54.6 Å². The average molecular weight is 638 g/mol. The molecule has 244 valence electrons. The zero-order chi connectivity index (χ0) is 32.8. The Morgan fingerprint density at radius 3 is 2.13 bits per heavy atom. The Kier molecular flexibility index (Phi) is 8.85. The van der Waals surface area contributed by atoms with Gasteiger partial charge < -0.3 is 9.64 Å². The van der Waals surface area contributed by atoms with E-state index in [4.69, 9.17) is 9.72 Å². The number of carbonyl (C=O) groups is 1. The fourth-order valence-electron chi connectivity index (χ4n) is 6.67. The molecule has 1 aliphatic carbocycles. The summed E-state index contributed by atoms with van der Waals surface area (Å²) in [4.78, 5) is 21.7. The van der Waals surface area contributed by atoms with Gasteiger partial charge in [-0.05, 0) is 70.4 Å². The van der Waals surface area contributed by atoms with Crippen LogP contribution in [0.3, 0.4) is 0 Å². The number of hydrogen-bond donors (Lipinski definition) is 0. The molecule has 1 saturated carbocycles. The lowest BCUT2D eigenvalue weighted by Crippen LogP contribution is -2.39. The molecule has 1 saturated heterocycles. The smallest absolute Gasteiger partial charge is 0.416 e. The minimum absolute atomic E-state index is 0.000655. The van der Waals surface area contributed by atoms with Gasteiger partial charge >= 0.3 is 18.4 Å². The molecule has 3 aromatic rings. The third kappa shape index (κ3) is 6.48. The van der Waals surface area contributed by atoms with Crippen LogP contribution in [-0.2, 0) is 30.7 Å². The summed E-state index contributed by atoms with van der Waals surface area (Å²) in [6.45, 7) is 8.11. The van der Waals surface area contributed by atoms with Gasteiger partial charge in [-0.2, -0.15) is 31.4 Å². The minimum Gasteiger partial charge on any atom is -0.439 e. The van der Waals surface area contributed by atoms with Crippen molar-refractivity contribution < 1.29 is 35.9 Å². The quantitative estimate of drug-likeness (QED) is 0.244. The molecule has 5 rings (SSSR count). The summed E-state index contributed by atoms with van der Waals surface area (Å²) >= 11 is 0. The van der Waals surface area contributed by atoms with Gasteiger partial charge in [0.15, 0.2) is 0 Å². The molecule has 0 bridgehead atoms. The van der Waals surface area contributed by atoms with Gasteiger partial charge in [-0.3, -0.25) is 9.58 Å². The number of alkyl halides is 6. The topological polar surface area (TPSA) is 63.5 Å². The molecule has 1 amide bonds. The normalized spacial score (nSPS) is 19.7. The lowest BCUT2D eigenvalue weighted by atomic mass is 9.93. The van der Waals surface area contributed by atoms with E-state index >= 15 is 0 Å². The van der Waals surface area contributed by atoms with Crippen molar-refractivity contribution in [2.24, 2.45) is 7.05 Å². The molecule has 2 atom stereocenters. The second-order valence-electron chi connectivity index (χ2n) is 12.0. The number of benzene rings is 1. The molecule has 2 aliphatic rings. The van der Waals surface area contributed by atoms with E-state index in [9.17, 15) is 31.1 Å². The molecule has 1 aliphatic heterocycles. The van der Waals surface area contributed by atoms with E-state index in [1.807, 2.05) is 33.9 Å². The summed E-state index contributed by atoms with van der Waals surface area (Å²) < 4.78 is 88.9. The third-order valence-electron chi connectivity index (χ3n) is 9.04. The molecule has 45 heavy (non-hydrogen) atoms. The first-order valence-corrected chi connectivity index (χ1v) is 15.1. The Morgan fingerprint density at radius 2 is 1.60 bits per heavy atom. The van der Waals surface area contributed by atoms with Crippen molar-refractivity contribution >= 4 is 11.9 Å². The molecule has 13 heteroatoms. The van der Waals surface area contributed by atoms with Crippen LogP contribution in [0.1, 0.15) is 85.7 Å². The second-order valence-corrected chi connectivity index (χ2v) is 12.0. The van der Waals surface area contributed by atoms with E-state index in [1.165, 1.54) is 4.90 Å². The van der Waals surface area contributed by atoms with E-state index in [2.05, 4.69) is 10.00 Å². The van der Waals surface area contributed by atoms with Crippen molar-refractivity contribution in [2.75, 3.05) is 11.4 Å². The number of halogens is 6. The number of aromatic nitrogens is 3. The maximum absolute atomic E-state index is 13.6. The Balaban J connectivity index is 1.55. The number of nitrogens with zero attached hydrogens (tertiary/aromatic N) is 5. The van der Waals surface area contributed by atoms with Crippen molar-refractivity contribution in [3.63, 3.8) is 0 Å². The Bertz CT molecular complexity index is 1530. The molecule has 3 heterocycles. The zero-order valence-electron chi connectivity index (χ0n) is 25.9. The number of carbonyl (C=O) groups excluding carboxylic acids is 1. The van der Waals surface area contributed by atoms with Crippen LogP contribution in [0.2, 0.25) is 0 Å². The summed E-state index contributed by atoms with van der Waals surface area (Å²) in [5.74, 6) is 0.689. The molecule has 1 aromatic carbocycles. The monoisotopic (exact) mass is 637 g/mol. The Labute approximate surface area is 258 Å². The van der Waals surface area contributed by atoms with Crippen LogP contribution in [0.5, 0.6) is 0 Å². The number of anilines is 1. The Hall–Kier alpha value is -3.77. The predicted molar refractivity (Wildman–Crippen MR) is 156 cm³/mol. The van der Waals surface area contributed by atoms with Crippen LogP contribution in [-0.4, -0.2) is 44.4 Å². The SMILES string of the molecule is CCN(c1ncc(-c2c(C)nn(C)c2C)cc1CN1C(=O)OC(c2cc(C(F)(F)F)cc(C(F)(F)F)c2)C1C)C1CCCCC1. The number of pyridine rings is 1. The van der Waals surface area contributed by atoms with Gasteiger partial charge in [0, 0.05) is 48.2 Å². The largest absolute Gasteiger partial charge is 0.439 e. The van der Waals surface area contributed by atoms with E-state index in [-0.39, 0.29) is 24.2 Å². The highest BCUT2D eigenvalue weighted by atomic mass is 19.4. The third-order valence-corrected chi connectivity index (χ3v) is 9.04. The van der Waals surface area contributed by atoms with Gasteiger partial charge in [0.25, 0.3) is 0 Å². The van der Waals surface area contributed by atoms with E-state index in [1.54, 1.807) is 17.8 Å². The number of amides is 1. The number of hydrogen-bond acceptors (Lipinski definition) is 5. The van der Waals surface area contributed by atoms with Gasteiger partial charge in [-0.15, -0.1) is 0 Å². The molecule has 2 aromatic heterocycles. The van der Waals surface area contributed by atoms with Crippen LogP contribution >= 0.6 is 0 Å². The van der Waals surface area contributed by atoms with E-state index in [0.29, 0.717) is 30.1 Å². The first kappa shape index (κ1) is 32.6. The summed E-state index contributed by atoms with van der Waals surface area (Å²) in [5, 5.41) is 4.52. The number of aryl methyl sites for hydroxylation is 2. The molecule has 2 fully saturated rings. The van der Waals surface area contributed by atoms with Crippen LogP contribution in [0, 0.1) is 13.8 Å². The van der Waals surface area contributed by atoms with Crippen molar-refractivity contribution in [2.45, 2.75) is 96.9 Å². The van der Waals surface area contributed by atoms with Crippen molar-refractivity contribution in [1.82, 2.24) is 19.7 Å². The molecule has 0 spiro atoms. The summed E-state index contributed by atoms with van der Waals surface area (Å²) in [7, 11) is 1.84. The van der Waals surface area contributed by atoms with E-state index < -0.39 is 41.7 Å². The predicted octanol–water partition coefficient (Wildman–Crippen LogP) is 8.38. The minimum atomic E-state index is -5.02. The van der Waals surface area contributed by atoms with Crippen LogP contribution in [0.15, 0.2) is 30.5 Å². The van der Waals surface area contributed by atoms with Crippen LogP contribution in [0.25, 0.3) is 11.1 Å². The van der Waals surface area contributed by atoms with Gasteiger partial charge in [0.05, 0.1) is 29.4 Å². The van der Waals surface area contributed by atoms with Gasteiger partial charge in [0.1, 0.15) is 11.9 Å². The highest BCUT2D eigenvalue weighted by Crippen LogP contribution is 2.42.